The summed E-state index contributed by atoms with van der Waals surface area (Å²) >= 11 is 6.44. The van der Waals surface area contributed by atoms with Crippen LogP contribution in [0, 0.1) is 10.7 Å². The van der Waals surface area contributed by atoms with E-state index >= 15 is 0 Å². The quantitative estimate of drug-likeness (QED) is 0.364. The Morgan fingerprint density at radius 2 is 1.75 bits per heavy atom. The first-order valence-electron chi connectivity index (χ1n) is 9.76. The predicted molar refractivity (Wildman–Crippen MR) is 150 cm³/mol. The van der Waals surface area contributed by atoms with Gasteiger partial charge in [0.25, 0.3) is 5.91 Å². The lowest BCUT2D eigenvalue weighted by atomic mass is 10.1. The highest BCUT2D eigenvalue weighted by Crippen LogP contribution is 2.36. The van der Waals surface area contributed by atoms with Crippen LogP contribution in [0.15, 0.2) is 30.3 Å². The SMILES string of the molecule is CCC(Oc1cccc(N(C)C(=O)c2c(I)cc(I)c(N(CC)C(C)=O)c2I)c1)C(=O)O. The second-order valence-electron chi connectivity index (χ2n) is 6.86. The van der Waals surface area contributed by atoms with Crippen LogP contribution >= 0.6 is 67.8 Å². The number of nitrogens with zero attached hydrogens (tertiary/aromatic N) is 2. The summed E-state index contributed by atoms with van der Waals surface area (Å²) in [7, 11) is 1.66. The molecule has 0 spiro atoms. The molecule has 2 rings (SSSR count). The van der Waals surface area contributed by atoms with Crippen LogP contribution in [0.1, 0.15) is 37.6 Å². The van der Waals surface area contributed by atoms with Crippen molar-refractivity contribution in [3.8, 4) is 5.75 Å². The van der Waals surface area contributed by atoms with Gasteiger partial charge in [0.2, 0.25) is 5.91 Å². The molecule has 1 atom stereocenters. The van der Waals surface area contributed by atoms with Crippen LogP contribution in [0.3, 0.4) is 0 Å². The zero-order valence-electron chi connectivity index (χ0n) is 18.0. The van der Waals surface area contributed by atoms with Gasteiger partial charge in [-0.05, 0) is 99.3 Å². The van der Waals surface area contributed by atoms with E-state index in [1.165, 1.54) is 11.8 Å². The minimum Gasteiger partial charge on any atom is -0.479 e. The average molecular weight is 776 g/mol. The third-order valence-corrected chi connectivity index (χ3v) is 7.48. The van der Waals surface area contributed by atoms with Crippen LogP contribution in [0.5, 0.6) is 5.75 Å². The number of carboxylic acid groups (broad SMARTS) is 1. The number of ether oxygens (including phenoxy) is 1. The number of carboxylic acids is 1. The molecule has 0 aliphatic rings. The monoisotopic (exact) mass is 776 g/mol. The van der Waals surface area contributed by atoms with E-state index in [1.807, 2.05) is 13.0 Å². The van der Waals surface area contributed by atoms with Crippen molar-refractivity contribution in [3.63, 3.8) is 0 Å². The Morgan fingerprint density at radius 3 is 2.28 bits per heavy atom. The van der Waals surface area contributed by atoms with Crippen molar-refractivity contribution in [2.75, 3.05) is 23.4 Å². The Morgan fingerprint density at radius 1 is 1.09 bits per heavy atom. The summed E-state index contributed by atoms with van der Waals surface area (Å²) in [5, 5.41) is 9.24. The van der Waals surface area contributed by atoms with Gasteiger partial charge in [0, 0.05) is 39.4 Å². The lowest BCUT2D eigenvalue weighted by Gasteiger charge is -2.26. The van der Waals surface area contributed by atoms with Crippen molar-refractivity contribution in [2.45, 2.75) is 33.3 Å². The second-order valence-corrected chi connectivity index (χ2v) is 10.3. The topological polar surface area (TPSA) is 87.2 Å². The van der Waals surface area contributed by atoms with Crippen LogP contribution < -0.4 is 14.5 Å². The molecule has 7 nitrogen and oxygen atoms in total. The summed E-state index contributed by atoms with van der Waals surface area (Å²) in [6.07, 6.45) is -0.640. The summed E-state index contributed by atoms with van der Waals surface area (Å²) in [5.74, 6) is -0.995. The largest absolute Gasteiger partial charge is 0.479 e. The molecule has 32 heavy (non-hydrogen) atoms. The maximum Gasteiger partial charge on any atom is 0.344 e. The molecule has 0 aliphatic heterocycles. The fourth-order valence-corrected chi connectivity index (χ4v) is 7.50. The summed E-state index contributed by atoms with van der Waals surface area (Å²) in [4.78, 5) is 40.1. The molecular formula is C22H23I3N2O5. The lowest BCUT2D eigenvalue weighted by molar-refractivity contribution is -0.145. The summed E-state index contributed by atoms with van der Waals surface area (Å²) < 4.78 is 7.95. The number of rotatable bonds is 8. The average Bonchev–Trinajstić information content (AvgIpc) is 2.73. The van der Waals surface area contributed by atoms with Crippen molar-refractivity contribution >= 4 is 96.9 Å². The van der Waals surface area contributed by atoms with E-state index in [0.717, 1.165) is 12.8 Å². The number of benzene rings is 2. The standard InChI is InChI=1S/C22H23I3N2O5/c1-5-17(22(30)31)32-14-9-7-8-13(10-14)26(4)21(29)18-15(23)11-16(24)20(19(18)25)27(6-2)12(3)28/h7-11,17H,5-6H2,1-4H3,(H,30,31). The number of hydrogen-bond acceptors (Lipinski definition) is 4. The molecule has 10 heteroatoms. The van der Waals surface area contributed by atoms with Gasteiger partial charge in [-0.2, -0.15) is 0 Å². The third kappa shape index (κ3) is 6.04. The highest BCUT2D eigenvalue weighted by molar-refractivity contribution is 14.1. The van der Waals surface area contributed by atoms with Crippen molar-refractivity contribution < 1.29 is 24.2 Å². The van der Waals surface area contributed by atoms with Crippen molar-refractivity contribution in [2.24, 2.45) is 0 Å². The number of hydrogen-bond donors (Lipinski definition) is 1. The Bertz CT molecular complexity index is 1040. The molecule has 2 aromatic rings. The highest BCUT2D eigenvalue weighted by atomic mass is 127. The normalized spacial score (nSPS) is 11.6. The van der Waals surface area contributed by atoms with Crippen LogP contribution in [0.4, 0.5) is 11.4 Å². The fraction of sp³-hybridized carbons (Fsp3) is 0.318. The lowest BCUT2D eigenvalue weighted by Crippen LogP contribution is -2.32. The van der Waals surface area contributed by atoms with Crippen molar-refractivity contribution in [1.82, 2.24) is 0 Å². The Kier molecular flexibility index (Phi) is 10.00. The van der Waals surface area contributed by atoms with Gasteiger partial charge in [-0.25, -0.2) is 4.79 Å². The molecule has 0 aliphatic carbocycles. The van der Waals surface area contributed by atoms with E-state index in [-0.39, 0.29) is 11.8 Å². The molecule has 0 saturated carbocycles. The molecule has 0 radical (unpaired) electrons. The highest BCUT2D eigenvalue weighted by Gasteiger charge is 2.27. The van der Waals surface area contributed by atoms with E-state index in [1.54, 1.807) is 43.1 Å². The Labute approximate surface area is 228 Å². The Hall–Kier alpha value is -1.16. The summed E-state index contributed by atoms with van der Waals surface area (Å²) in [6.45, 7) is 5.63. The van der Waals surface area contributed by atoms with E-state index in [4.69, 9.17) is 4.74 Å². The molecule has 0 aromatic heterocycles. The van der Waals surface area contributed by atoms with E-state index < -0.39 is 12.1 Å². The predicted octanol–water partition coefficient (Wildman–Crippen LogP) is 5.39. The molecule has 2 amide bonds. The first-order valence-corrected chi connectivity index (χ1v) is 13.0. The molecule has 0 heterocycles. The molecule has 172 valence electrons. The number of carbonyl (C=O) groups is 3. The maximum absolute atomic E-state index is 13.5. The summed E-state index contributed by atoms with van der Waals surface area (Å²) in [5.41, 5.74) is 1.80. The number of amides is 2. The van der Waals surface area contributed by atoms with E-state index in [0.29, 0.717) is 33.5 Å². The maximum atomic E-state index is 13.5. The number of aliphatic carboxylic acids is 1. The van der Waals surface area contributed by atoms with Gasteiger partial charge in [0.05, 0.1) is 14.8 Å². The molecule has 1 unspecified atom stereocenters. The molecular weight excluding hydrogens is 753 g/mol. The van der Waals surface area contributed by atoms with E-state index in [9.17, 15) is 19.5 Å². The van der Waals surface area contributed by atoms with Gasteiger partial charge in [-0.15, -0.1) is 0 Å². The van der Waals surface area contributed by atoms with Gasteiger partial charge >= 0.3 is 5.97 Å². The van der Waals surface area contributed by atoms with Gasteiger partial charge in [0.15, 0.2) is 6.10 Å². The van der Waals surface area contributed by atoms with Gasteiger partial charge in [-0.3, -0.25) is 9.59 Å². The first-order chi connectivity index (χ1) is 15.0. The molecule has 1 N–H and O–H groups in total. The summed E-state index contributed by atoms with van der Waals surface area (Å²) in [6, 6.07) is 8.67. The first kappa shape index (κ1) is 27.1. The minimum absolute atomic E-state index is 0.0925. The van der Waals surface area contributed by atoms with Gasteiger partial charge in [-0.1, -0.05) is 13.0 Å². The number of carbonyl (C=O) groups excluding carboxylic acids is 2. The molecule has 0 saturated heterocycles. The van der Waals surface area contributed by atoms with Crippen LogP contribution in [0.2, 0.25) is 0 Å². The van der Waals surface area contributed by atoms with Crippen LogP contribution in [-0.4, -0.2) is 42.6 Å². The van der Waals surface area contributed by atoms with Crippen molar-refractivity contribution in [3.05, 3.63) is 46.6 Å². The van der Waals surface area contributed by atoms with Gasteiger partial charge < -0.3 is 19.6 Å². The zero-order valence-corrected chi connectivity index (χ0v) is 24.5. The van der Waals surface area contributed by atoms with Crippen LogP contribution in [0.25, 0.3) is 0 Å². The van der Waals surface area contributed by atoms with Crippen LogP contribution in [-0.2, 0) is 9.59 Å². The number of anilines is 2. The minimum atomic E-state index is -1.04. The third-order valence-electron chi connectivity index (χ3n) is 4.76. The zero-order chi connectivity index (χ0) is 24.2. The van der Waals surface area contributed by atoms with E-state index in [2.05, 4.69) is 67.8 Å². The Balaban J connectivity index is 2.47. The molecule has 0 bridgehead atoms. The second kappa shape index (κ2) is 11.8. The van der Waals surface area contributed by atoms with Crippen molar-refractivity contribution in [1.29, 1.82) is 0 Å². The molecule has 0 fully saturated rings. The van der Waals surface area contributed by atoms with Gasteiger partial charge in [0.1, 0.15) is 5.75 Å². The smallest absolute Gasteiger partial charge is 0.344 e. The fourth-order valence-electron chi connectivity index (χ4n) is 3.08. The number of halogens is 3. The molecule has 2 aromatic carbocycles.